The lowest BCUT2D eigenvalue weighted by atomic mass is 9.86. The van der Waals surface area contributed by atoms with Gasteiger partial charge in [0.05, 0.1) is 0 Å². The maximum atomic E-state index is 6.07. The van der Waals surface area contributed by atoms with Crippen molar-refractivity contribution in [3.63, 3.8) is 0 Å². The maximum absolute atomic E-state index is 6.07. The Hall–Kier alpha value is -0.690. The van der Waals surface area contributed by atoms with Crippen LogP contribution in [0, 0.1) is 5.92 Å². The standard InChI is InChI=1S/C13H16ClN/c14-10-5-6-13-11(7-10)12(8-15-13)9-3-1-2-4-9/h5-7,9,12,15H,1-4,8H2. The van der Waals surface area contributed by atoms with E-state index in [1.54, 1.807) is 0 Å². The Kier molecular flexibility index (Phi) is 2.36. The molecular formula is C13H16ClN. The SMILES string of the molecule is Clc1ccc2c(c1)C(C1CCCC1)CN2. The molecule has 2 heteroatoms. The molecule has 1 aromatic rings. The van der Waals surface area contributed by atoms with Gasteiger partial charge in [-0.15, -0.1) is 0 Å². The Morgan fingerprint density at radius 3 is 2.80 bits per heavy atom. The van der Waals surface area contributed by atoms with E-state index in [2.05, 4.69) is 17.4 Å². The number of hydrogen-bond acceptors (Lipinski definition) is 1. The van der Waals surface area contributed by atoms with Crippen molar-refractivity contribution in [1.82, 2.24) is 0 Å². The second kappa shape index (κ2) is 3.71. The number of nitrogens with one attached hydrogen (secondary N) is 1. The zero-order chi connectivity index (χ0) is 10.3. The summed E-state index contributed by atoms with van der Waals surface area (Å²) in [5, 5.41) is 4.37. The second-order valence-electron chi connectivity index (χ2n) is 4.76. The van der Waals surface area contributed by atoms with E-state index in [4.69, 9.17) is 11.6 Å². The summed E-state index contributed by atoms with van der Waals surface area (Å²) < 4.78 is 0. The molecule has 0 amide bonds. The molecule has 80 valence electrons. The minimum atomic E-state index is 0.709. The van der Waals surface area contributed by atoms with Crippen LogP contribution >= 0.6 is 11.6 Å². The largest absolute Gasteiger partial charge is 0.384 e. The van der Waals surface area contributed by atoms with Gasteiger partial charge in [-0.1, -0.05) is 24.4 Å². The molecule has 1 N–H and O–H groups in total. The molecule has 15 heavy (non-hydrogen) atoms. The molecule has 1 heterocycles. The second-order valence-corrected chi connectivity index (χ2v) is 5.20. The fourth-order valence-electron chi connectivity index (χ4n) is 3.11. The molecule has 0 spiro atoms. The lowest BCUT2D eigenvalue weighted by Crippen LogP contribution is -2.11. The van der Waals surface area contributed by atoms with Crippen LogP contribution in [0.2, 0.25) is 5.02 Å². The molecular weight excluding hydrogens is 206 g/mol. The summed E-state index contributed by atoms with van der Waals surface area (Å²) in [5.74, 6) is 1.60. The highest BCUT2D eigenvalue weighted by Gasteiger charge is 2.31. The molecule has 1 aliphatic carbocycles. The van der Waals surface area contributed by atoms with Crippen molar-refractivity contribution in [2.24, 2.45) is 5.92 Å². The predicted molar refractivity (Wildman–Crippen MR) is 64.6 cm³/mol. The van der Waals surface area contributed by atoms with Gasteiger partial charge in [0.1, 0.15) is 0 Å². The summed E-state index contributed by atoms with van der Waals surface area (Å²) in [7, 11) is 0. The summed E-state index contributed by atoms with van der Waals surface area (Å²) >= 11 is 6.07. The predicted octanol–water partition coefficient (Wildman–Crippen LogP) is 4.04. The van der Waals surface area contributed by atoms with Crippen molar-refractivity contribution in [2.45, 2.75) is 31.6 Å². The quantitative estimate of drug-likeness (QED) is 0.755. The molecule has 0 radical (unpaired) electrons. The Morgan fingerprint density at radius 2 is 2.00 bits per heavy atom. The first-order chi connectivity index (χ1) is 7.34. The van der Waals surface area contributed by atoms with Gasteiger partial charge >= 0.3 is 0 Å². The van der Waals surface area contributed by atoms with E-state index in [-0.39, 0.29) is 0 Å². The number of rotatable bonds is 1. The van der Waals surface area contributed by atoms with Crippen molar-refractivity contribution in [3.05, 3.63) is 28.8 Å². The molecule has 1 unspecified atom stereocenters. The van der Waals surface area contributed by atoms with Gasteiger partial charge in [-0.3, -0.25) is 0 Å². The fourth-order valence-corrected chi connectivity index (χ4v) is 3.29. The molecule has 1 fully saturated rings. The molecule has 1 saturated carbocycles. The average Bonchev–Trinajstić information content (AvgIpc) is 2.83. The third-order valence-corrected chi connectivity index (χ3v) is 4.13. The van der Waals surface area contributed by atoms with E-state index in [0.717, 1.165) is 17.5 Å². The fraction of sp³-hybridized carbons (Fsp3) is 0.538. The third-order valence-electron chi connectivity index (χ3n) is 3.89. The first-order valence-corrected chi connectivity index (χ1v) is 6.26. The minimum absolute atomic E-state index is 0.709. The summed E-state index contributed by atoms with van der Waals surface area (Å²) in [5.41, 5.74) is 2.76. The highest BCUT2D eigenvalue weighted by molar-refractivity contribution is 6.30. The lowest BCUT2D eigenvalue weighted by molar-refractivity contribution is 0.460. The van der Waals surface area contributed by atoms with Gasteiger partial charge in [-0.25, -0.2) is 0 Å². The number of benzene rings is 1. The van der Waals surface area contributed by atoms with Gasteiger partial charge < -0.3 is 5.32 Å². The van der Waals surface area contributed by atoms with E-state index in [1.165, 1.54) is 36.9 Å². The van der Waals surface area contributed by atoms with Crippen molar-refractivity contribution in [2.75, 3.05) is 11.9 Å². The van der Waals surface area contributed by atoms with E-state index < -0.39 is 0 Å². The van der Waals surface area contributed by atoms with Gasteiger partial charge in [-0.2, -0.15) is 0 Å². The number of fused-ring (bicyclic) bond motifs is 1. The molecule has 3 rings (SSSR count). The van der Waals surface area contributed by atoms with E-state index in [0.29, 0.717) is 5.92 Å². The monoisotopic (exact) mass is 221 g/mol. The van der Waals surface area contributed by atoms with Crippen LogP contribution in [0.1, 0.15) is 37.2 Å². The molecule has 1 atom stereocenters. The topological polar surface area (TPSA) is 12.0 Å². The van der Waals surface area contributed by atoms with Crippen LogP contribution in [-0.4, -0.2) is 6.54 Å². The van der Waals surface area contributed by atoms with Gasteiger partial charge in [-0.05, 0) is 42.5 Å². The van der Waals surface area contributed by atoms with Crippen LogP contribution in [0.4, 0.5) is 5.69 Å². The molecule has 0 saturated heterocycles. The summed E-state index contributed by atoms with van der Waals surface area (Å²) in [4.78, 5) is 0. The normalized spacial score (nSPS) is 25.3. The van der Waals surface area contributed by atoms with Crippen molar-refractivity contribution >= 4 is 17.3 Å². The molecule has 1 nitrogen and oxygen atoms in total. The molecule has 0 bridgehead atoms. The smallest absolute Gasteiger partial charge is 0.0410 e. The summed E-state index contributed by atoms with van der Waals surface area (Å²) in [6.07, 6.45) is 5.63. The van der Waals surface area contributed by atoms with Crippen molar-refractivity contribution in [3.8, 4) is 0 Å². The van der Waals surface area contributed by atoms with Crippen molar-refractivity contribution < 1.29 is 0 Å². The maximum Gasteiger partial charge on any atom is 0.0410 e. The van der Waals surface area contributed by atoms with Crippen LogP contribution in [0.5, 0.6) is 0 Å². The number of anilines is 1. The molecule has 1 aromatic carbocycles. The Balaban J connectivity index is 1.92. The Labute approximate surface area is 95.8 Å². The van der Waals surface area contributed by atoms with Crippen LogP contribution in [-0.2, 0) is 0 Å². The molecule has 2 aliphatic rings. The average molecular weight is 222 g/mol. The highest BCUT2D eigenvalue weighted by Crippen LogP contribution is 2.43. The zero-order valence-corrected chi connectivity index (χ0v) is 9.56. The Bertz CT molecular complexity index is 369. The number of halogens is 1. The van der Waals surface area contributed by atoms with Crippen LogP contribution in [0.3, 0.4) is 0 Å². The Morgan fingerprint density at radius 1 is 1.20 bits per heavy atom. The highest BCUT2D eigenvalue weighted by atomic mass is 35.5. The zero-order valence-electron chi connectivity index (χ0n) is 8.80. The van der Waals surface area contributed by atoms with E-state index in [9.17, 15) is 0 Å². The first kappa shape index (κ1) is 9.53. The first-order valence-electron chi connectivity index (χ1n) is 5.88. The van der Waals surface area contributed by atoms with Crippen LogP contribution in [0.25, 0.3) is 0 Å². The molecule has 1 aliphatic heterocycles. The van der Waals surface area contributed by atoms with Crippen LogP contribution < -0.4 is 5.32 Å². The molecule has 0 aromatic heterocycles. The van der Waals surface area contributed by atoms with Gasteiger partial charge in [0, 0.05) is 23.2 Å². The third kappa shape index (κ3) is 1.63. The summed E-state index contributed by atoms with van der Waals surface area (Å²) in [6, 6.07) is 6.25. The van der Waals surface area contributed by atoms with Crippen molar-refractivity contribution in [1.29, 1.82) is 0 Å². The lowest BCUT2D eigenvalue weighted by Gasteiger charge is -2.17. The van der Waals surface area contributed by atoms with Crippen LogP contribution in [0.15, 0.2) is 18.2 Å². The minimum Gasteiger partial charge on any atom is -0.384 e. The van der Waals surface area contributed by atoms with Gasteiger partial charge in [0.2, 0.25) is 0 Å². The van der Waals surface area contributed by atoms with E-state index in [1.807, 2.05) is 6.07 Å². The van der Waals surface area contributed by atoms with E-state index >= 15 is 0 Å². The summed E-state index contributed by atoms with van der Waals surface area (Å²) in [6.45, 7) is 1.11. The van der Waals surface area contributed by atoms with Gasteiger partial charge in [0.25, 0.3) is 0 Å². The number of hydrogen-bond donors (Lipinski definition) is 1. The van der Waals surface area contributed by atoms with Gasteiger partial charge in [0.15, 0.2) is 0 Å².